The van der Waals surface area contributed by atoms with Crippen LogP contribution in [-0.2, 0) is 10.0 Å². The van der Waals surface area contributed by atoms with Crippen LogP contribution in [0.3, 0.4) is 0 Å². The van der Waals surface area contributed by atoms with E-state index in [4.69, 9.17) is 10.2 Å². The molecule has 0 fully saturated rings. The van der Waals surface area contributed by atoms with Crippen LogP contribution in [0.2, 0.25) is 0 Å². The predicted octanol–water partition coefficient (Wildman–Crippen LogP) is 2.19. The van der Waals surface area contributed by atoms with E-state index in [1.54, 1.807) is 19.1 Å². The third kappa shape index (κ3) is 3.67. The van der Waals surface area contributed by atoms with Crippen molar-refractivity contribution in [1.82, 2.24) is 0 Å². The second-order valence-corrected chi connectivity index (χ2v) is 6.47. The minimum absolute atomic E-state index is 0.0262. The van der Waals surface area contributed by atoms with Gasteiger partial charge >= 0.3 is 11.9 Å². The average molecular weight is 335 g/mol. The molecule has 0 saturated carbocycles. The lowest BCUT2D eigenvalue weighted by atomic mass is 10.1. The molecular weight excluding hydrogens is 322 g/mol. The molecule has 0 saturated heterocycles. The van der Waals surface area contributed by atoms with E-state index in [1.165, 1.54) is 12.1 Å². The maximum Gasteiger partial charge on any atom is 0.337 e. The van der Waals surface area contributed by atoms with E-state index in [0.29, 0.717) is 0 Å². The Balaban J connectivity index is 2.44. The van der Waals surface area contributed by atoms with Crippen LogP contribution in [0, 0.1) is 6.92 Å². The van der Waals surface area contributed by atoms with E-state index >= 15 is 0 Å². The van der Waals surface area contributed by atoms with Gasteiger partial charge < -0.3 is 10.2 Å². The Bertz CT molecular complexity index is 871. The van der Waals surface area contributed by atoms with Crippen molar-refractivity contribution in [3.63, 3.8) is 0 Å². The molecule has 2 aromatic rings. The highest BCUT2D eigenvalue weighted by Crippen LogP contribution is 2.22. The van der Waals surface area contributed by atoms with E-state index in [2.05, 4.69) is 4.72 Å². The Morgan fingerprint density at radius 1 is 0.957 bits per heavy atom. The van der Waals surface area contributed by atoms with Crippen LogP contribution in [0.15, 0.2) is 47.4 Å². The Labute approximate surface area is 132 Å². The molecule has 0 bridgehead atoms. The summed E-state index contributed by atoms with van der Waals surface area (Å²) in [4.78, 5) is 22.1. The number of hydrogen-bond acceptors (Lipinski definition) is 4. The van der Waals surface area contributed by atoms with Crippen LogP contribution in [0.1, 0.15) is 26.3 Å². The molecule has 0 unspecified atom stereocenters. The van der Waals surface area contributed by atoms with Crippen molar-refractivity contribution in [2.75, 3.05) is 4.72 Å². The fourth-order valence-corrected chi connectivity index (χ4v) is 2.94. The molecule has 0 aliphatic heterocycles. The molecule has 0 heterocycles. The summed E-state index contributed by atoms with van der Waals surface area (Å²) in [5, 5.41) is 18.0. The normalized spacial score (nSPS) is 11.0. The summed E-state index contributed by atoms with van der Waals surface area (Å²) in [6, 6.07) is 9.14. The van der Waals surface area contributed by atoms with Gasteiger partial charge in [-0.2, -0.15) is 0 Å². The van der Waals surface area contributed by atoms with E-state index < -0.39 is 27.5 Å². The lowest BCUT2D eigenvalue weighted by molar-refractivity contribution is 0.0696. The maximum atomic E-state index is 12.3. The van der Waals surface area contributed by atoms with Gasteiger partial charge in [-0.25, -0.2) is 18.0 Å². The van der Waals surface area contributed by atoms with Crippen LogP contribution in [-0.4, -0.2) is 30.6 Å². The first kappa shape index (κ1) is 16.5. The number of benzene rings is 2. The summed E-state index contributed by atoms with van der Waals surface area (Å²) in [5.41, 5.74) is -0.0228. The Hall–Kier alpha value is -2.87. The average Bonchev–Trinajstić information content (AvgIpc) is 2.47. The molecule has 3 N–H and O–H groups in total. The molecule has 0 aliphatic carbocycles. The summed E-state index contributed by atoms with van der Waals surface area (Å²) >= 11 is 0. The number of carboxylic acids is 2. The number of aryl methyl sites for hydroxylation is 1. The second-order valence-electron chi connectivity index (χ2n) is 4.79. The van der Waals surface area contributed by atoms with Crippen LogP contribution in [0.5, 0.6) is 0 Å². The minimum atomic E-state index is -3.98. The van der Waals surface area contributed by atoms with Crippen molar-refractivity contribution in [3.05, 3.63) is 59.2 Å². The van der Waals surface area contributed by atoms with Crippen molar-refractivity contribution in [2.24, 2.45) is 0 Å². The second kappa shape index (κ2) is 6.09. The number of anilines is 1. The van der Waals surface area contributed by atoms with Gasteiger partial charge in [-0.3, -0.25) is 4.72 Å². The molecule has 0 atom stereocenters. The lowest BCUT2D eigenvalue weighted by Crippen LogP contribution is -2.16. The summed E-state index contributed by atoms with van der Waals surface area (Å²) < 4.78 is 26.7. The number of carboxylic acid groups (broad SMARTS) is 2. The third-order valence-electron chi connectivity index (χ3n) is 3.07. The van der Waals surface area contributed by atoms with Gasteiger partial charge in [0.05, 0.1) is 21.7 Å². The molecule has 0 aliphatic rings. The van der Waals surface area contributed by atoms with Crippen molar-refractivity contribution >= 4 is 27.6 Å². The van der Waals surface area contributed by atoms with Gasteiger partial charge in [-0.05, 0) is 37.3 Å². The minimum Gasteiger partial charge on any atom is -0.478 e. The van der Waals surface area contributed by atoms with Crippen molar-refractivity contribution in [3.8, 4) is 0 Å². The standard InChI is InChI=1S/C15H13NO6S/c1-9-2-5-11(6-3-9)23(21,22)16-13-7-4-10(14(17)18)8-12(13)15(19)20/h2-8,16H,1H3,(H,17,18)(H,19,20). The molecule has 0 radical (unpaired) electrons. The van der Waals surface area contributed by atoms with Gasteiger partial charge in [0.15, 0.2) is 0 Å². The molecule has 120 valence electrons. The van der Waals surface area contributed by atoms with Crippen molar-refractivity contribution < 1.29 is 28.2 Å². The molecule has 7 nitrogen and oxygen atoms in total. The molecule has 2 aromatic carbocycles. The first-order valence-corrected chi connectivity index (χ1v) is 7.89. The topological polar surface area (TPSA) is 121 Å². The molecule has 0 aromatic heterocycles. The number of rotatable bonds is 5. The van der Waals surface area contributed by atoms with Crippen molar-refractivity contribution in [1.29, 1.82) is 0 Å². The van der Waals surface area contributed by atoms with Gasteiger partial charge in [-0.1, -0.05) is 17.7 Å². The molecular formula is C15H13NO6S. The van der Waals surface area contributed by atoms with E-state index in [-0.39, 0.29) is 16.1 Å². The molecule has 0 amide bonds. The lowest BCUT2D eigenvalue weighted by Gasteiger charge is -2.11. The fraction of sp³-hybridized carbons (Fsp3) is 0.0667. The monoisotopic (exact) mass is 335 g/mol. The maximum absolute atomic E-state index is 12.3. The van der Waals surface area contributed by atoms with Gasteiger partial charge in [0.25, 0.3) is 10.0 Å². The number of carbonyl (C=O) groups is 2. The zero-order valence-electron chi connectivity index (χ0n) is 12.0. The van der Waals surface area contributed by atoms with Crippen LogP contribution < -0.4 is 4.72 Å². The Morgan fingerprint density at radius 2 is 1.57 bits per heavy atom. The van der Waals surface area contributed by atoms with E-state index in [9.17, 15) is 18.0 Å². The number of nitrogens with one attached hydrogen (secondary N) is 1. The molecule has 8 heteroatoms. The van der Waals surface area contributed by atoms with Gasteiger partial charge in [0.1, 0.15) is 0 Å². The summed E-state index contributed by atoms with van der Waals surface area (Å²) in [5.74, 6) is -2.74. The van der Waals surface area contributed by atoms with Gasteiger partial charge in [0.2, 0.25) is 0 Å². The summed E-state index contributed by atoms with van der Waals surface area (Å²) in [7, 11) is -3.98. The van der Waals surface area contributed by atoms with Gasteiger partial charge in [-0.15, -0.1) is 0 Å². The smallest absolute Gasteiger partial charge is 0.337 e. The van der Waals surface area contributed by atoms with Crippen LogP contribution in [0.4, 0.5) is 5.69 Å². The summed E-state index contributed by atoms with van der Waals surface area (Å²) in [6.07, 6.45) is 0. The molecule has 0 spiro atoms. The SMILES string of the molecule is Cc1ccc(S(=O)(=O)Nc2ccc(C(=O)O)cc2C(=O)O)cc1. The highest BCUT2D eigenvalue weighted by molar-refractivity contribution is 7.92. The Kier molecular flexibility index (Phi) is 4.37. The largest absolute Gasteiger partial charge is 0.478 e. The van der Waals surface area contributed by atoms with Crippen LogP contribution in [0.25, 0.3) is 0 Å². The Morgan fingerprint density at radius 3 is 2.09 bits per heavy atom. The highest BCUT2D eigenvalue weighted by atomic mass is 32.2. The predicted molar refractivity (Wildman–Crippen MR) is 82.3 cm³/mol. The zero-order chi connectivity index (χ0) is 17.2. The number of sulfonamides is 1. The number of hydrogen-bond donors (Lipinski definition) is 3. The van der Waals surface area contributed by atoms with Gasteiger partial charge in [0, 0.05) is 0 Å². The van der Waals surface area contributed by atoms with Crippen LogP contribution >= 0.6 is 0 Å². The fourth-order valence-electron chi connectivity index (χ4n) is 1.86. The highest BCUT2D eigenvalue weighted by Gasteiger charge is 2.20. The first-order valence-electron chi connectivity index (χ1n) is 6.41. The number of aromatic carboxylic acids is 2. The first-order chi connectivity index (χ1) is 10.7. The quantitative estimate of drug-likeness (QED) is 0.770. The van der Waals surface area contributed by atoms with E-state index in [0.717, 1.165) is 23.8 Å². The van der Waals surface area contributed by atoms with Crippen molar-refractivity contribution in [2.45, 2.75) is 11.8 Å². The molecule has 2 rings (SSSR count). The summed E-state index contributed by atoms with van der Waals surface area (Å²) in [6.45, 7) is 1.80. The molecule has 23 heavy (non-hydrogen) atoms. The zero-order valence-corrected chi connectivity index (χ0v) is 12.8. The third-order valence-corrected chi connectivity index (χ3v) is 4.45. The van der Waals surface area contributed by atoms with E-state index in [1.807, 2.05) is 0 Å².